The summed E-state index contributed by atoms with van der Waals surface area (Å²) in [6.45, 7) is 1.73. The minimum Gasteiger partial charge on any atom is -0.507 e. The fraction of sp³-hybridized carbons (Fsp3) is 0.158. The van der Waals surface area contributed by atoms with Crippen molar-refractivity contribution in [3.8, 4) is 5.75 Å². The number of methoxy groups -OCH3 is 1. The number of anilines is 1. The quantitative estimate of drug-likeness (QED) is 0.385. The summed E-state index contributed by atoms with van der Waals surface area (Å²) >= 11 is 2.48. The fourth-order valence-corrected chi connectivity index (χ4v) is 4.68. The third kappa shape index (κ3) is 3.19. The molecule has 1 fully saturated rings. The fourth-order valence-electron chi connectivity index (χ4n) is 3.14. The Morgan fingerprint density at radius 3 is 2.69 bits per heavy atom. The number of carbonyl (C=O) groups is 2. The summed E-state index contributed by atoms with van der Waals surface area (Å²) in [7, 11) is 1.36. The third-order valence-corrected chi connectivity index (χ3v) is 6.16. The predicted molar refractivity (Wildman–Crippen MR) is 107 cm³/mol. The molecule has 7 nitrogen and oxygen atoms in total. The number of hydrogen-bond acceptors (Lipinski definition) is 8. The molecule has 0 saturated carbocycles. The van der Waals surface area contributed by atoms with E-state index in [-0.39, 0.29) is 22.0 Å². The van der Waals surface area contributed by atoms with Gasteiger partial charge in [0.15, 0.2) is 0 Å². The van der Waals surface area contributed by atoms with Gasteiger partial charge in [-0.15, -0.1) is 21.5 Å². The maximum atomic E-state index is 13.9. The molecule has 0 aliphatic carbocycles. The van der Waals surface area contributed by atoms with Gasteiger partial charge in [0.05, 0.1) is 18.2 Å². The first kappa shape index (κ1) is 19.2. The molecule has 2 aromatic heterocycles. The van der Waals surface area contributed by atoms with E-state index >= 15 is 0 Å². The van der Waals surface area contributed by atoms with Crippen molar-refractivity contribution in [2.45, 2.75) is 13.0 Å². The van der Waals surface area contributed by atoms with Crippen molar-refractivity contribution < 1.29 is 23.8 Å². The summed E-state index contributed by atoms with van der Waals surface area (Å²) in [4.78, 5) is 27.6. The van der Waals surface area contributed by atoms with Gasteiger partial charge in [0.25, 0.3) is 5.78 Å². The van der Waals surface area contributed by atoms with E-state index in [4.69, 9.17) is 4.74 Å². The number of carbonyl (C=O) groups excluding carboxylic acids is 2. The first-order valence-electron chi connectivity index (χ1n) is 8.40. The van der Waals surface area contributed by atoms with Gasteiger partial charge >= 0.3 is 5.91 Å². The highest BCUT2D eigenvalue weighted by molar-refractivity contribution is 7.15. The summed E-state index contributed by atoms with van der Waals surface area (Å²) in [5.41, 5.74) is -0.172. The van der Waals surface area contributed by atoms with Crippen LogP contribution in [0.4, 0.5) is 9.52 Å². The number of aliphatic hydroxyl groups excluding tert-OH is 1. The molecule has 4 rings (SSSR count). The largest absolute Gasteiger partial charge is 0.507 e. The summed E-state index contributed by atoms with van der Waals surface area (Å²) < 4.78 is 19.0. The molecule has 29 heavy (non-hydrogen) atoms. The normalized spacial score (nSPS) is 18.4. The molecule has 1 atom stereocenters. The number of Topliss-reactive ketones (excluding diaryl/α,β-unsaturated/α-hetero) is 1. The molecule has 3 heterocycles. The number of benzene rings is 1. The number of aryl methyl sites for hydroxylation is 1. The SMILES string of the molecule is COc1ccc(F)cc1C(O)=C1C(=O)C(=O)N(c2nnc(C)s2)[C@@H]1c1cccs1. The number of aromatic nitrogens is 2. The Kier molecular flexibility index (Phi) is 4.89. The van der Waals surface area contributed by atoms with E-state index in [0.717, 1.165) is 17.4 Å². The molecular formula is C19H14FN3O4S2. The monoisotopic (exact) mass is 431 g/mol. The van der Waals surface area contributed by atoms with Crippen LogP contribution in [0.25, 0.3) is 5.76 Å². The maximum absolute atomic E-state index is 13.9. The Labute approximate surface area is 172 Å². The molecule has 1 amide bonds. The van der Waals surface area contributed by atoms with Crippen molar-refractivity contribution >= 4 is 45.3 Å². The van der Waals surface area contributed by atoms with Crippen LogP contribution in [-0.2, 0) is 9.59 Å². The van der Waals surface area contributed by atoms with Crippen molar-refractivity contribution in [2.24, 2.45) is 0 Å². The second-order valence-electron chi connectivity index (χ2n) is 6.13. The number of hydrogen-bond donors (Lipinski definition) is 1. The van der Waals surface area contributed by atoms with E-state index < -0.39 is 29.3 Å². The van der Waals surface area contributed by atoms with Crippen molar-refractivity contribution in [3.63, 3.8) is 0 Å². The lowest BCUT2D eigenvalue weighted by atomic mass is 9.99. The molecule has 1 aliphatic rings. The first-order valence-corrected chi connectivity index (χ1v) is 10.1. The van der Waals surface area contributed by atoms with Crippen LogP contribution in [0, 0.1) is 12.7 Å². The second kappa shape index (κ2) is 7.37. The molecule has 0 bridgehead atoms. The second-order valence-corrected chi connectivity index (χ2v) is 8.27. The Balaban J connectivity index is 1.96. The molecular weight excluding hydrogens is 417 g/mol. The van der Waals surface area contributed by atoms with E-state index in [9.17, 15) is 19.1 Å². The van der Waals surface area contributed by atoms with Gasteiger partial charge in [-0.05, 0) is 36.6 Å². The van der Waals surface area contributed by atoms with E-state index in [0.29, 0.717) is 9.88 Å². The van der Waals surface area contributed by atoms with Gasteiger partial charge in [0.2, 0.25) is 5.13 Å². The Morgan fingerprint density at radius 2 is 2.07 bits per heavy atom. The number of nitrogens with zero attached hydrogens (tertiary/aromatic N) is 3. The Hall–Kier alpha value is -3.11. The topological polar surface area (TPSA) is 92.6 Å². The highest BCUT2D eigenvalue weighted by atomic mass is 32.1. The van der Waals surface area contributed by atoms with Crippen molar-refractivity contribution in [1.82, 2.24) is 10.2 Å². The van der Waals surface area contributed by atoms with Crippen molar-refractivity contribution in [2.75, 3.05) is 12.0 Å². The van der Waals surface area contributed by atoms with E-state index in [1.54, 1.807) is 24.4 Å². The molecule has 1 aliphatic heterocycles. The molecule has 0 unspecified atom stereocenters. The summed E-state index contributed by atoms with van der Waals surface area (Å²) in [6.07, 6.45) is 0. The van der Waals surface area contributed by atoms with Gasteiger partial charge in [-0.25, -0.2) is 4.39 Å². The molecule has 1 N–H and O–H groups in total. The van der Waals surface area contributed by atoms with Crippen LogP contribution >= 0.6 is 22.7 Å². The van der Waals surface area contributed by atoms with Gasteiger partial charge in [-0.2, -0.15) is 0 Å². The lowest BCUT2D eigenvalue weighted by Crippen LogP contribution is -2.29. The highest BCUT2D eigenvalue weighted by Crippen LogP contribution is 2.45. The van der Waals surface area contributed by atoms with Crippen LogP contribution in [0.3, 0.4) is 0 Å². The van der Waals surface area contributed by atoms with Gasteiger partial charge in [0, 0.05) is 4.88 Å². The number of halogens is 1. The number of ketones is 1. The van der Waals surface area contributed by atoms with Crippen LogP contribution in [0.15, 0.2) is 41.3 Å². The minimum atomic E-state index is -0.907. The average molecular weight is 431 g/mol. The van der Waals surface area contributed by atoms with Crippen LogP contribution in [0.2, 0.25) is 0 Å². The lowest BCUT2D eigenvalue weighted by molar-refractivity contribution is -0.132. The third-order valence-electron chi connectivity index (χ3n) is 4.40. The van der Waals surface area contributed by atoms with Gasteiger partial charge < -0.3 is 9.84 Å². The minimum absolute atomic E-state index is 0.0134. The summed E-state index contributed by atoms with van der Waals surface area (Å²) in [6, 6.07) is 6.19. The molecule has 10 heteroatoms. The first-order chi connectivity index (χ1) is 13.9. The van der Waals surface area contributed by atoms with E-state index in [1.807, 2.05) is 0 Å². The zero-order valence-corrected chi connectivity index (χ0v) is 16.9. The van der Waals surface area contributed by atoms with Crippen LogP contribution in [-0.4, -0.2) is 34.1 Å². The number of thiophene rings is 1. The van der Waals surface area contributed by atoms with Gasteiger partial charge in [0.1, 0.15) is 28.4 Å². The number of rotatable bonds is 4. The smallest absolute Gasteiger partial charge is 0.301 e. The molecule has 148 valence electrons. The molecule has 1 saturated heterocycles. The van der Waals surface area contributed by atoms with Crippen molar-refractivity contribution in [1.29, 1.82) is 0 Å². The summed E-state index contributed by atoms with van der Waals surface area (Å²) in [5.74, 6) is -2.68. The number of ether oxygens (including phenoxy) is 1. The van der Waals surface area contributed by atoms with Gasteiger partial charge in [-0.3, -0.25) is 14.5 Å². The Morgan fingerprint density at radius 1 is 1.28 bits per heavy atom. The maximum Gasteiger partial charge on any atom is 0.301 e. The molecule has 0 spiro atoms. The zero-order chi connectivity index (χ0) is 20.7. The average Bonchev–Trinajstić information content (AvgIpc) is 3.42. The molecule has 1 aromatic carbocycles. The standard InChI is InChI=1S/C19H14FN3O4S2/c1-9-21-22-19(29-9)23-15(13-4-3-7-28-13)14(17(25)18(23)26)16(24)11-8-10(20)5-6-12(11)27-2/h3-8,15,24H,1-2H3/t15-/m1/s1. The lowest BCUT2D eigenvalue weighted by Gasteiger charge is -2.21. The summed E-state index contributed by atoms with van der Waals surface area (Å²) in [5, 5.41) is 21.6. The highest BCUT2D eigenvalue weighted by Gasteiger charge is 2.49. The zero-order valence-electron chi connectivity index (χ0n) is 15.2. The molecule has 0 radical (unpaired) electrons. The van der Waals surface area contributed by atoms with Crippen molar-refractivity contribution in [3.05, 3.63) is 62.6 Å². The molecule has 3 aromatic rings. The van der Waals surface area contributed by atoms with E-state index in [2.05, 4.69) is 10.2 Å². The van der Waals surface area contributed by atoms with Crippen LogP contribution in [0.5, 0.6) is 5.75 Å². The van der Waals surface area contributed by atoms with Gasteiger partial charge in [-0.1, -0.05) is 17.4 Å². The number of aliphatic hydroxyl groups is 1. The number of amides is 1. The predicted octanol–water partition coefficient (Wildman–Crippen LogP) is 3.68. The van der Waals surface area contributed by atoms with E-state index in [1.165, 1.54) is 35.5 Å². The van der Waals surface area contributed by atoms with Crippen LogP contribution < -0.4 is 9.64 Å². The van der Waals surface area contributed by atoms with Crippen LogP contribution in [0.1, 0.15) is 21.5 Å². The Bertz CT molecular complexity index is 1140.